The van der Waals surface area contributed by atoms with E-state index in [0.717, 1.165) is 18.5 Å². The zero-order valence-electron chi connectivity index (χ0n) is 9.61. The summed E-state index contributed by atoms with van der Waals surface area (Å²) in [4.78, 5) is 15.9. The second-order valence-corrected chi connectivity index (χ2v) is 4.35. The molecule has 0 radical (unpaired) electrons. The lowest BCUT2D eigenvalue weighted by Gasteiger charge is -2.21. The minimum absolute atomic E-state index is 0.120. The van der Waals surface area contributed by atoms with Crippen LogP contribution in [0.25, 0.3) is 0 Å². The maximum atomic E-state index is 11.8. The summed E-state index contributed by atoms with van der Waals surface area (Å²) >= 11 is 0. The average molecular weight is 219 g/mol. The normalized spacial score (nSPS) is 17.1. The van der Waals surface area contributed by atoms with Gasteiger partial charge in [-0.3, -0.25) is 4.98 Å². The molecule has 1 aliphatic rings. The van der Waals surface area contributed by atoms with Crippen molar-refractivity contribution in [3.05, 3.63) is 29.6 Å². The molecule has 1 aromatic heterocycles. The van der Waals surface area contributed by atoms with E-state index in [1.54, 1.807) is 18.3 Å². The fourth-order valence-electron chi connectivity index (χ4n) is 2.07. The second kappa shape index (κ2) is 5.10. The third-order valence-corrected chi connectivity index (χ3v) is 2.96. The number of carbonyl (C=O) groups is 1. The van der Waals surface area contributed by atoms with Crippen LogP contribution in [0.4, 0.5) is 0 Å². The van der Waals surface area contributed by atoms with Gasteiger partial charge in [0.25, 0.3) is 0 Å². The van der Waals surface area contributed by atoms with Gasteiger partial charge in [-0.1, -0.05) is 6.42 Å². The fraction of sp³-hybridized carbons (Fsp3) is 0.538. The molecule has 3 heteroatoms. The van der Waals surface area contributed by atoms with Crippen LogP contribution >= 0.6 is 0 Å². The topological polar surface area (TPSA) is 39.2 Å². The smallest absolute Gasteiger partial charge is 0.338 e. The van der Waals surface area contributed by atoms with Crippen LogP contribution in [0.3, 0.4) is 0 Å². The van der Waals surface area contributed by atoms with Crippen LogP contribution in [0.1, 0.15) is 48.2 Å². The Morgan fingerprint density at radius 3 is 2.81 bits per heavy atom. The molecule has 0 aromatic carbocycles. The Balaban J connectivity index is 1.97. The number of aromatic nitrogens is 1. The minimum atomic E-state index is -0.211. The van der Waals surface area contributed by atoms with Gasteiger partial charge in [0.05, 0.1) is 5.56 Å². The predicted molar refractivity (Wildman–Crippen MR) is 61.3 cm³/mol. The van der Waals surface area contributed by atoms with E-state index in [1.165, 1.54) is 19.3 Å². The molecule has 2 rings (SSSR count). The third kappa shape index (κ3) is 2.81. The van der Waals surface area contributed by atoms with Crippen LogP contribution in [0.2, 0.25) is 0 Å². The summed E-state index contributed by atoms with van der Waals surface area (Å²) in [5.41, 5.74) is 1.45. The molecular weight excluding hydrogens is 202 g/mol. The first kappa shape index (κ1) is 11.1. The van der Waals surface area contributed by atoms with Crippen molar-refractivity contribution in [2.75, 3.05) is 0 Å². The molecule has 0 unspecified atom stereocenters. The average Bonchev–Trinajstić information content (AvgIpc) is 2.30. The molecule has 16 heavy (non-hydrogen) atoms. The van der Waals surface area contributed by atoms with Crippen LogP contribution in [-0.2, 0) is 4.74 Å². The molecule has 1 saturated carbocycles. The van der Waals surface area contributed by atoms with Crippen molar-refractivity contribution in [2.45, 2.75) is 45.1 Å². The zero-order valence-corrected chi connectivity index (χ0v) is 9.61. The van der Waals surface area contributed by atoms with Crippen LogP contribution in [-0.4, -0.2) is 17.1 Å². The SMILES string of the molecule is Cc1cc(C(=O)OC2CCCCC2)ccn1. The largest absolute Gasteiger partial charge is 0.459 e. The summed E-state index contributed by atoms with van der Waals surface area (Å²) in [6.07, 6.45) is 7.40. The number of ether oxygens (including phenoxy) is 1. The van der Waals surface area contributed by atoms with E-state index < -0.39 is 0 Å². The number of rotatable bonds is 2. The molecule has 1 fully saturated rings. The van der Waals surface area contributed by atoms with Crippen molar-refractivity contribution in [1.29, 1.82) is 0 Å². The van der Waals surface area contributed by atoms with Crippen LogP contribution in [0.15, 0.2) is 18.3 Å². The first-order valence-corrected chi connectivity index (χ1v) is 5.89. The van der Waals surface area contributed by atoms with Crippen molar-refractivity contribution < 1.29 is 9.53 Å². The summed E-state index contributed by atoms with van der Waals surface area (Å²) in [7, 11) is 0. The standard InChI is InChI=1S/C13H17NO2/c1-10-9-11(7-8-14-10)13(15)16-12-5-3-2-4-6-12/h7-9,12H,2-6H2,1H3. The number of pyridine rings is 1. The van der Waals surface area contributed by atoms with Gasteiger partial charge in [-0.25, -0.2) is 4.79 Å². The summed E-state index contributed by atoms with van der Waals surface area (Å²) in [5, 5.41) is 0. The van der Waals surface area contributed by atoms with E-state index in [4.69, 9.17) is 4.74 Å². The van der Waals surface area contributed by atoms with E-state index in [2.05, 4.69) is 4.98 Å². The van der Waals surface area contributed by atoms with Crippen LogP contribution in [0.5, 0.6) is 0 Å². The molecule has 0 amide bonds. The van der Waals surface area contributed by atoms with E-state index in [9.17, 15) is 4.79 Å². The number of hydrogen-bond donors (Lipinski definition) is 0. The highest BCUT2D eigenvalue weighted by molar-refractivity contribution is 5.89. The summed E-state index contributed by atoms with van der Waals surface area (Å²) in [6, 6.07) is 3.48. The van der Waals surface area contributed by atoms with Crippen molar-refractivity contribution in [3.63, 3.8) is 0 Å². The predicted octanol–water partition coefficient (Wildman–Crippen LogP) is 2.88. The lowest BCUT2D eigenvalue weighted by Crippen LogP contribution is -2.21. The first-order valence-electron chi connectivity index (χ1n) is 5.89. The molecule has 3 nitrogen and oxygen atoms in total. The molecule has 0 aliphatic heterocycles. The van der Waals surface area contributed by atoms with E-state index in [0.29, 0.717) is 5.56 Å². The van der Waals surface area contributed by atoms with Gasteiger partial charge in [-0.2, -0.15) is 0 Å². The number of aryl methyl sites for hydroxylation is 1. The maximum absolute atomic E-state index is 11.8. The van der Waals surface area contributed by atoms with Gasteiger partial charge < -0.3 is 4.74 Å². The highest BCUT2D eigenvalue weighted by Gasteiger charge is 2.18. The van der Waals surface area contributed by atoms with Gasteiger partial charge in [-0.15, -0.1) is 0 Å². The summed E-state index contributed by atoms with van der Waals surface area (Å²) < 4.78 is 5.47. The number of nitrogens with zero attached hydrogens (tertiary/aromatic N) is 1. The van der Waals surface area contributed by atoms with Gasteiger partial charge in [0.15, 0.2) is 0 Å². The molecule has 1 heterocycles. The Labute approximate surface area is 95.8 Å². The quantitative estimate of drug-likeness (QED) is 0.718. The monoisotopic (exact) mass is 219 g/mol. The Hall–Kier alpha value is -1.38. The lowest BCUT2D eigenvalue weighted by molar-refractivity contribution is 0.0211. The molecule has 0 N–H and O–H groups in total. The molecule has 0 spiro atoms. The Morgan fingerprint density at radius 1 is 1.38 bits per heavy atom. The second-order valence-electron chi connectivity index (χ2n) is 4.35. The van der Waals surface area contributed by atoms with E-state index in [1.807, 2.05) is 6.92 Å². The molecule has 1 aromatic rings. The molecular formula is C13H17NO2. The van der Waals surface area contributed by atoms with Gasteiger partial charge in [0.1, 0.15) is 6.10 Å². The molecule has 0 saturated heterocycles. The first-order chi connectivity index (χ1) is 7.75. The Morgan fingerprint density at radius 2 is 2.12 bits per heavy atom. The molecule has 0 atom stereocenters. The van der Waals surface area contributed by atoms with Gasteiger partial charge >= 0.3 is 5.97 Å². The van der Waals surface area contributed by atoms with Crippen molar-refractivity contribution in [3.8, 4) is 0 Å². The molecule has 0 bridgehead atoms. The molecule has 1 aliphatic carbocycles. The number of carbonyl (C=O) groups excluding carboxylic acids is 1. The Bertz CT molecular complexity index is 370. The van der Waals surface area contributed by atoms with E-state index in [-0.39, 0.29) is 12.1 Å². The lowest BCUT2D eigenvalue weighted by atomic mass is 9.98. The van der Waals surface area contributed by atoms with Crippen molar-refractivity contribution >= 4 is 5.97 Å². The fourth-order valence-corrected chi connectivity index (χ4v) is 2.07. The van der Waals surface area contributed by atoms with Gasteiger partial charge in [0, 0.05) is 11.9 Å². The highest BCUT2D eigenvalue weighted by Crippen LogP contribution is 2.21. The van der Waals surface area contributed by atoms with Gasteiger partial charge in [0.2, 0.25) is 0 Å². The zero-order chi connectivity index (χ0) is 11.4. The summed E-state index contributed by atoms with van der Waals surface area (Å²) in [6.45, 7) is 1.87. The highest BCUT2D eigenvalue weighted by atomic mass is 16.5. The van der Waals surface area contributed by atoms with Crippen molar-refractivity contribution in [2.24, 2.45) is 0 Å². The Kier molecular flexibility index (Phi) is 3.54. The minimum Gasteiger partial charge on any atom is -0.459 e. The molecule has 86 valence electrons. The van der Waals surface area contributed by atoms with Crippen LogP contribution in [0, 0.1) is 6.92 Å². The van der Waals surface area contributed by atoms with Crippen LogP contribution < -0.4 is 0 Å². The van der Waals surface area contributed by atoms with E-state index >= 15 is 0 Å². The van der Waals surface area contributed by atoms with Crippen molar-refractivity contribution in [1.82, 2.24) is 4.98 Å². The number of esters is 1. The summed E-state index contributed by atoms with van der Waals surface area (Å²) in [5.74, 6) is -0.211. The number of hydrogen-bond acceptors (Lipinski definition) is 3. The maximum Gasteiger partial charge on any atom is 0.338 e. The third-order valence-electron chi connectivity index (χ3n) is 2.96. The van der Waals surface area contributed by atoms with Gasteiger partial charge in [-0.05, 0) is 44.7 Å².